The van der Waals surface area contributed by atoms with Crippen molar-refractivity contribution in [2.24, 2.45) is 5.92 Å². The minimum atomic E-state index is 0.518. The van der Waals surface area contributed by atoms with E-state index in [1.54, 1.807) is 7.11 Å². The third-order valence-corrected chi connectivity index (χ3v) is 2.44. The molecule has 0 rings (SSSR count). The van der Waals surface area contributed by atoms with Crippen molar-refractivity contribution in [1.29, 1.82) is 0 Å². The Balaban J connectivity index is 3.98. The number of nitrogens with one attached hydrogen (secondary N) is 1. The molecule has 3 heteroatoms. The number of methoxy groups -OCH3 is 1. The summed E-state index contributed by atoms with van der Waals surface area (Å²) < 4.78 is 5.15. The minimum absolute atomic E-state index is 0.518. The fourth-order valence-electron chi connectivity index (χ4n) is 1.69. The summed E-state index contributed by atoms with van der Waals surface area (Å²) >= 11 is 0. The maximum absolute atomic E-state index is 5.15. The number of hydrogen-bond donors (Lipinski definition) is 1. The van der Waals surface area contributed by atoms with Crippen LogP contribution in [0.1, 0.15) is 27.7 Å². The SMILES string of the molecule is C=C(CNC(C)C)CN(CCOC)CC(C)C. The van der Waals surface area contributed by atoms with E-state index >= 15 is 0 Å². The van der Waals surface area contributed by atoms with Crippen molar-refractivity contribution >= 4 is 0 Å². The summed E-state index contributed by atoms with van der Waals surface area (Å²) in [7, 11) is 1.75. The summed E-state index contributed by atoms with van der Waals surface area (Å²) in [6.45, 7) is 17.7. The van der Waals surface area contributed by atoms with Crippen molar-refractivity contribution in [2.45, 2.75) is 33.7 Å². The van der Waals surface area contributed by atoms with Gasteiger partial charge in [0.2, 0.25) is 0 Å². The Morgan fingerprint density at radius 3 is 2.41 bits per heavy atom. The summed E-state index contributed by atoms with van der Waals surface area (Å²) in [5.74, 6) is 0.678. The third kappa shape index (κ3) is 10.5. The van der Waals surface area contributed by atoms with Gasteiger partial charge in [0.05, 0.1) is 6.61 Å². The molecular formula is C14H30N2O. The number of rotatable bonds is 10. The lowest BCUT2D eigenvalue weighted by Gasteiger charge is -2.25. The standard InChI is InChI=1S/C14H30N2O/c1-12(2)10-16(7-8-17-6)11-14(5)9-15-13(3)4/h12-13,15H,5,7-11H2,1-4,6H3. The molecule has 1 N–H and O–H groups in total. The lowest BCUT2D eigenvalue weighted by atomic mass is 10.2. The lowest BCUT2D eigenvalue weighted by Crippen LogP contribution is -2.35. The fourth-order valence-corrected chi connectivity index (χ4v) is 1.69. The van der Waals surface area contributed by atoms with Crippen LogP contribution in [0.5, 0.6) is 0 Å². The van der Waals surface area contributed by atoms with E-state index in [0.717, 1.165) is 32.8 Å². The van der Waals surface area contributed by atoms with E-state index in [1.165, 1.54) is 5.57 Å². The zero-order valence-corrected chi connectivity index (χ0v) is 12.3. The van der Waals surface area contributed by atoms with Gasteiger partial charge >= 0.3 is 0 Å². The highest BCUT2D eigenvalue weighted by Gasteiger charge is 2.08. The van der Waals surface area contributed by atoms with Gasteiger partial charge in [0.1, 0.15) is 0 Å². The van der Waals surface area contributed by atoms with Gasteiger partial charge in [0.25, 0.3) is 0 Å². The average molecular weight is 242 g/mol. The highest BCUT2D eigenvalue weighted by molar-refractivity contribution is 5.00. The normalized spacial score (nSPS) is 11.8. The van der Waals surface area contributed by atoms with Crippen LogP contribution in [0.25, 0.3) is 0 Å². The van der Waals surface area contributed by atoms with Crippen LogP contribution in [-0.4, -0.2) is 50.8 Å². The van der Waals surface area contributed by atoms with Crippen LogP contribution >= 0.6 is 0 Å². The summed E-state index contributed by atoms with van der Waals surface area (Å²) in [5, 5.41) is 3.40. The molecule has 0 aromatic rings. The second-order valence-electron chi connectivity index (χ2n) is 5.41. The molecule has 0 spiro atoms. The maximum atomic E-state index is 5.15. The molecule has 0 saturated heterocycles. The molecule has 102 valence electrons. The Bertz CT molecular complexity index is 202. The van der Waals surface area contributed by atoms with Crippen molar-refractivity contribution in [3.63, 3.8) is 0 Å². The third-order valence-electron chi connectivity index (χ3n) is 2.44. The Morgan fingerprint density at radius 1 is 1.29 bits per heavy atom. The first kappa shape index (κ1) is 16.6. The highest BCUT2D eigenvalue weighted by Crippen LogP contribution is 2.02. The summed E-state index contributed by atoms with van der Waals surface area (Å²) in [6, 6.07) is 0.518. The molecule has 0 atom stereocenters. The maximum Gasteiger partial charge on any atom is 0.0589 e. The van der Waals surface area contributed by atoms with E-state index in [-0.39, 0.29) is 0 Å². The van der Waals surface area contributed by atoms with E-state index in [1.807, 2.05) is 0 Å². The quantitative estimate of drug-likeness (QED) is 0.594. The Hall–Kier alpha value is -0.380. The van der Waals surface area contributed by atoms with Gasteiger partial charge < -0.3 is 10.1 Å². The van der Waals surface area contributed by atoms with E-state index in [9.17, 15) is 0 Å². The summed E-state index contributed by atoms with van der Waals surface area (Å²) in [4.78, 5) is 2.42. The first-order valence-electron chi connectivity index (χ1n) is 6.57. The van der Waals surface area contributed by atoms with Crippen molar-refractivity contribution < 1.29 is 4.74 Å². The first-order chi connectivity index (χ1) is 7.95. The van der Waals surface area contributed by atoms with Gasteiger partial charge in [-0.25, -0.2) is 0 Å². The van der Waals surface area contributed by atoms with Crippen molar-refractivity contribution in [3.8, 4) is 0 Å². The molecule has 0 heterocycles. The van der Waals surface area contributed by atoms with E-state index in [4.69, 9.17) is 4.74 Å². The number of ether oxygens (including phenoxy) is 1. The van der Waals surface area contributed by atoms with Crippen LogP contribution in [0.15, 0.2) is 12.2 Å². The molecule has 17 heavy (non-hydrogen) atoms. The largest absolute Gasteiger partial charge is 0.383 e. The smallest absolute Gasteiger partial charge is 0.0589 e. The predicted molar refractivity (Wildman–Crippen MR) is 75.4 cm³/mol. The van der Waals surface area contributed by atoms with E-state index in [0.29, 0.717) is 12.0 Å². The first-order valence-corrected chi connectivity index (χ1v) is 6.57. The van der Waals surface area contributed by atoms with E-state index in [2.05, 4.69) is 44.5 Å². The summed E-state index contributed by atoms with van der Waals surface area (Å²) in [6.07, 6.45) is 0. The minimum Gasteiger partial charge on any atom is -0.383 e. The lowest BCUT2D eigenvalue weighted by molar-refractivity contribution is 0.145. The van der Waals surface area contributed by atoms with Crippen LogP contribution in [0.2, 0.25) is 0 Å². The highest BCUT2D eigenvalue weighted by atomic mass is 16.5. The van der Waals surface area contributed by atoms with E-state index < -0.39 is 0 Å². The van der Waals surface area contributed by atoms with Crippen LogP contribution in [0.4, 0.5) is 0 Å². The molecule has 0 aliphatic heterocycles. The van der Waals surface area contributed by atoms with Crippen LogP contribution < -0.4 is 5.32 Å². The average Bonchev–Trinajstić information content (AvgIpc) is 2.22. The predicted octanol–water partition coefficient (Wildman–Crippen LogP) is 2.14. The zero-order chi connectivity index (χ0) is 13.3. The Labute approximate surface area is 107 Å². The molecule has 0 radical (unpaired) electrons. The van der Waals surface area contributed by atoms with Crippen molar-refractivity contribution in [3.05, 3.63) is 12.2 Å². The fraction of sp³-hybridized carbons (Fsp3) is 0.857. The number of nitrogens with zero attached hydrogens (tertiary/aromatic N) is 1. The zero-order valence-electron chi connectivity index (χ0n) is 12.3. The Kier molecular flexibility index (Phi) is 9.41. The molecule has 0 bridgehead atoms. The molecular weight excluding hydrogens is 212 g/mol. The molecule has 0 aromatic heterocycles. The molecule has 0 amide bonds. The van der Waals surface area contributed by atoms with Crippen LogP contribution in [-0.2, 0) is 4.74 Å². The monoisotopic (exact) mass is 242 g/mol. The second-order valence-corrected chi connectivity index (χ2v) is 5.41. The molecule has 0 aromatic carbocycles. The van der Waals surface area contributed by atoms with Gasteiger partial charge in [-0.15, -0.1) is 0 Å². The van der Waals surface area contributed by atoms with Crippen LogP contribution in [0, 0.1) is 5.92 Å². The number of hydrogen-bond acceptors (Lipinski definition) is 3. The molecule has 0 aliphatic carbocycles. The molecule has 0 fully saturated rings. The topological polar surface area (TPSA) is 24.5 Å². The second kappa shape index (κ2) is 9.63. The van der Waals surface area contributed by atoms with Crippen molar-refractivity contribution in [2.75, 3.05) is 39.9 Å². The Morgan fingerprint density at radius 2 is 1.94 bits per heavy atom. The van der Waals surface area contributed by atoms with Gasteiger partial charge in [-0.2, -0.15) is 0 Å². The van der Waals surface area contributed by atoms with Crippen molar-refractivity contribution in [1.82, 2.24) is 10.2 Å². The van der Waals surface area contributed by atoms with Gasteiger partial charge in [-0.1, -0.05) is 34.3 Å². The van der Waals surface area contributed by atoms with Gasteiger partial charge in [0.15, 0.2) is 0 Å². The van der Waals surface area contributed by atoms with Crippen LogP contribution in [0.3, 0.4) is 0 Å². The van der Waals surface area contributed by atoms with Gasteiger partial charge in [0, 0.05) is 39.3 Å². The van der Waals surface area contributed by atoms with Gasteiger partial charge in [-0.05, 0) is 11.5 Å². The van der Waals surface area contributed by atoms with Gasteiger partial charge in [-0.3, -0.25) is 4.90 Å². The summed E-state index contributed by atoms with van der Waals surface area (Å²) in [5.41, 5.74) is 1.25. The molecule has 3 nitrogen and oxygen atoms in total. The molecule has 0 aliphatic rings. The molecule has 0 saturated carbocycles. The molecule has 0 unspecified atom stereocenters.